The third-order valence-corrected chi connectivity index (χ3v) is 2.19. The maximum absolute atomic E-state index is 5.11. The monoisotopic (exact) mass is 150 g/mol. The summed E-state index contributed by atoms with van der Waals surface area (Å²) in [5, 5.41) is 0. The lowest BCUT2D eigenvalue weighted by atomic mass is 10.2. The van der Waals surface area contributed by atoms with Gasteiger partial charge in [0.25, 0.3) is 0 Å². The largest absolute Gasteiger partial charge is 0.381 e. The van der Waals surface area contributed by atoms with Crippen molar-refractivity contribution in [2.24, 2.45) is 0 Å². The van der Waals surface area contributed by atoms with Gasteiger partial charge in [0.15, 0.2) is 0 Å². The summed E-state index contributed by atoms with van der Waals surface area (Å²) in [6, 6.07) is 0. The number of hydrogen-bond acceptors (Lipinski definition) is 3. The molecule has 0 aromatic heterocycles. The molecule has 3 heteroatoms. The second-order valence-corrected chi connectivity index (χ2v) is 4.16. The number of rotatable bonds is 0. The van der Waals surface area contributed by atoms with Gasteiger partial charge in [-0.25, -0.2) is 0 Å². The molecule has 0 aliphatic carbocycles. The van der Waals surface area contributed by atoms with Crippen molar-refractivity contribution in [3.8, 4) is 0 Å². The first-order valence-electron chi connectivity index (χ1n) is 2.73. The molecule has 0 aromatic rings. The van der Waals surface area contributed by atoms with Crippen LogP contribution in [0, 0.1) is 0 Å². The topological polar surface area (TPSA) is 9.23 Å². The third-order valence-electron chi connectivity index (χ3n) is 1.29. The van der Waals surface area contributed by atoms with Gasteiger partial charge in [-0.3, -0.25) is 0 Å². The zero-order valence-corrected chi connectivity index (χ0v) is 6.42. The van der Waals surface area contributed by atoms with Crippen LogP contribution in [0.2, 0.25) is 0 Å². The van der Waals surface area contributed by atoms with Crippen molar-refractivity contribution in [1.29, 1.82) is 0 Å². The van der Waals surface area contributed by atoms with Crippen LogP contribution in [0.1, 0.15) is 12.8 Å². The van der Waals surface area contributed by atoms with Crippen LogP contribution in [-0.4, -0.2) is 17.3 Å². The molecule has 0 radical (unpaired) electrons. The van der Waals surface area contributed by atoms with E-state index in [0.29, 0.717) is 0 Å². The van der Waals surface area contributed by atoms with E-state index in [1.807, 2.05) is 0 Å². The van der Waals surface area contributed by atoms with Gasteiger partial charge in [0.1, 0.15) is 0 Å². The van der Waals surface area contributed by atoms with Crippen molar-refractivity contribution in [2.45, 2.75) is 16.9 Å². The summed E-state index contributed by atoms with van der Waals surface area (Å²) in [6.45, 7) is 1.62. The number of thiol groups is 2. The summed E-state index contributed by atoms with van der Waals surface area (Å²) in [5.74, 6) is 0. The van der Waals surface area contributed by atoms with E-state index in [-0.39, 0.29) is 4.08 Å². The fourth-order valence-corrected chi connectivity index (χ4v) is 1.06. The highest BCUT2D eigenvalue weighted by Gasteiger charge is 2.22. The van der Waals surface area contributed by atoms with Crippen LogP contribution in [0.5, 0.6) is 0 Å². The van der Waals surface area contributed by atoms with Gasteiger partial charge in [-0.2, -0.15) is 25.3 Å². The normalized spacial score (nSPS) is 27.8. The van der Waals surface area contributed by atoms with Gasteiger partial charge >= 0.3 is 0 Å². The second kappa shape index (κ2) is 2.50. The SMILES string of the molecule is SC1(S)CCOCC1. The molecule has 0 bridgehead atoms. The smallest absolute Gasteiger partial charge is 0.0595 e. The highest BCUT2D eigenvalue weighted by atomic mass is 32.2. The van der Waals surface area contributed by atoms with Crippen LogP contribution in [0.15, 0.2) is 0 Å². The van der Waals surface area contributed by atoms with Crippen molar-refractivity contribution < 1.29 is 4.74 Å². The highest BCUT2D eigenvalue weighted by Crippen LogP contribution is 2.30. The number of hydrogen-bond donors (Lipinski definition) is 2. The maximum atomic E-state index is 5.11. The van der Waals surface area contributed by atoms with Gasteiger partial charge in [-0.05, 0) is 12.8 Å². The summed E-state index contributed by atoms with van der Waals surface area (Å²) in [4.78, 5) is 0. The van der Waals surface area contributed by atoms with E-state index in [0.717, 1.165) is 26.1 Å². The van der Waals surface area contributed by atoms with Crippen molar-refractivity contribution in [1.82, 2.24) is 0 Å². The molecule has 0 aromatic carbocycles. The Morgan fingerprint density at radius 2 is 1.62 bits per heavy atom. The molecule has 1 fully saturated rings. The Morgan fingerprint density at radius 1 is 1.12 bits per heavy atom. The molecule has 1 rings (SSSR count). The predicted molar refractivity (Wildman–Crippen MR) is 40.8 cm³/mol. The third kappa shape index (κ3) is 1.88. The Labute approximate surface area is 60.6 Å². The molecule has 1 aliphatic rings. The molecule has 0 atom stereocenters. The van der Waals surface area contributed by atoms with Gasteiger partial charge in [0.2, 0.25) is 0 Å². The molecule has 1 saturated heterocycles. The van der Waals surface area contributed by atoms with E-state index < -0.39 is 0 Å². The summed E-state index contributed by atoms with van der Waals surface area (Å²) in [7, 11) is 0. The van der Waals surface area contributed by atoms with Gasteiger partial charge in [-0.1, -0.05) is 0 Å². The van der Waals surface area contributed by atoms with Crippen LogP contribution >= 0.6 is 25.3 Å². The van der Waals surface area contributed by atoms with Crippen molar-refractivity contribution in [2.75, 3.05) is 13.2 Å². The van der Waals surface area contributed by atoms with Crippen LogP contribution in [0.3, 0.4) is 0 Å². The average molecular weight is 150 g/mol. The molecule has 48 valence electrons. The lowest BCUT2D eigenvalue weighted by Crippen LogP contribution is -2.24. The minimum absolute atomic E-state index is 0.0573. The zero-order chi connectivity index (χ0) is 6.04. The van der Waals surface area contributed by atoms with Crippen LogP contribution in [0.25, 0.3) is 0 Å². The van der Waals surface area contributed by atoms with Crippen LogP contribution in [-0.2, 0) is 4.74 Å². The Kier molecular flexibility index (Phi) is 2.12. The van der Waals surface area contributed by atoms with E-state index >= 15 is 0 Å². The predicted octanol–water partition coefficient (Wildman–Crippen LogP) is 1.35. The Hall–Kier alpha value is 0.660. The highest BCUT2D eigenvalue weighted by molar-refractivity contribution is 8.00. The summed E-state index contributed by atoms with van der Waals surface area (Å²) >= 11 is 8.60. The molecule has 0 unspecified atom stereocenters. The molecular formula is C5H10OS2. The van der Waals surface area contributed by atoms with E-state index in [4.69, 9.17) is 4.74 Å². The molecule has 0 spiro atoms. The van der Waals surface area contributed by atoms with Gasteiger partial charge in [-0.15, -0.1) is 0 Å². The average Bonchev–Trinajstić information content (AvgIpc) is 1.65. The Morgan fingerprint density at radius 3 is 1.88 bits per heavy atom. The Bertz CT molecular complexity index is 74.5. The van der Waals surface area contributed by atoms with E-state index in [1.54, 1.807) is 0 Å². The lowest BCUT2D eigenvalue weighted by Gasteiger charge is -2.26. The van der Waals surface area contributed by atoms with Crippen LogP contribution in [0.4, 0.5) is 0 Å². The zero-order valence-electron chi connectivity index (χ0n) is 4.63. The van der Waals surface area contributed by atoms with Crippen molar-refractivity contribution in [3.05, 3.63) is 0 Å². The summed E-state index contributed by atoms with van der Waals surface area (Å²) in [5.41, 5.74) is 0. The molecule has 1 aliphatic heterocycles. The van der Waals surface area contributed by atoms with Gasteiger partial charge < -0.3 is 4.74 Å². The van der Waals surface area contributed by atoms with E-state index in [9.17, 15) is 0 Å². The first-order valence-corrected chi connectivity index (χ1v) is 3.63. The number of ether oxygens (including phenoxy) is 1. The minimum atomic E-state index is -0.0573. The van der Waals surface area contributed by atoms with E-state index in [2.05, 4.69) is 25.3 Å². The first kappa shape index (κ1) is 6.78. The molecule has 0 amide bonds. The second-order valence-electron chi connectivity index (χ2n) is 2.09. The molecule has 1 nitrogen and oxygen atoms in total. The van der Waals surface area contributed by atoms with Gasteiger partial charge in [0.05, 0.1) is 4.08 Å². The van der Waals surface area contributed by atoms with Crippen LogP contribution < -0.4 is 0 Å². The lowest BCUT2D eigenvalue weighted by molar-refractivity contribution is 0.0953. The summed E-state index contributed by atoms with van der Waals surface area (Å²) in [6.07, 6.45) is 1.92. The van der Waals surface area contributed by atoms with Crippen molar-refractivity contribution >= 4 is 25.3 Å². The van der Waals surface area contributed by atoms with E-state index in [1.165, 1.54) is 0 Å². The quantitative estimate of drug-likeness (QED) is 0.391. The molecular weight excluding hydrogens is 140 g/mol. The standard InChI is InChI=1S/C5H10OS2/c7-5(8)1-3-6-4-2-5/h7-8H,1-4H2. The molecule has 0 N–H and O–H groups in total. The van der Waals surface area contributed by atoms with Gasteiger partial charge in [0, 0.05) is 13.2 Å². The first-order chi connectivity index (χ1) is 3.71. The minimum Gasteiger partial charge on any atom is -0.381 e. The molecule has 1 heterocycles. The molecule has 0 saturated carbocycles. The van der Waals surface area contributed by atoms with Crippen molar-refractivity contribution in [3.63, 3.8) is 0 Å². The molecule has 8 heavy (non-hydrogen) atoms. The fraction of sp³-hybridized carbons (Fsp3) is 1.00. The summed E-state index contributed by atoms with van der Waals surface area (Å²) < 4.78 is 5.05. The fourth-order valence-electron chi connectivity index (χ4n) is 0.698. The maximum Gasteiger partial charge on any atom is 0.0595 e. The Balaban J connectivity index is 2.33.